The van der Waals surface area contributed by atoms with Crippen LogP contribution in [0.1, 0.15) is 79.8 Å². The maximum atomic E-state index is 13.7. The normalized spacial score (nSPS) is 26.0. The minimum atomic E-state index is -2.17. The Kier molecular flexibility index (Phi) is 11.4. The van der Waals surface area contributed by atoms with Crippen LogP contribution in [-0.4, -0.2) is 76.2 Å². The lowest BCUT2D eigenvalue weighted by molar-refractivity contribution is -0.237. The van der Waals surface area contributed by atoms with Gasteiger partial charge in [0.25, 0.3) is 5.91 Å². The average Bonchev–Trinajstić information content (AvgIpc) is 2.89. The number of nitrogens with zero attached hydrogens (tertiary/aromatic N) is 2. The van der Waals surface area contributed by atoms with Gasteiger partial charge in [-0.1, -0.05) is 48.5 Å². The largest absolute Gasteiger partial charge is 0.490 e. The molecule has 1 aliphatic carbocycles. The Morgan fingerprint density at radius 2 is 1.67 bits per heavy atom. The van der Waals surface area contributed by atoms with Crippen molar-refractivity contribution >= 4 is 14.2 Å². The van der Waals surface area contributed by atoms with Gasteiger partial charge in [-0.25, -0.2) is 0 Å². The number of amides is 1. The van der Waals surface area contributed by atoms with E-state index < -0.39 is 13.9 Å². The Bertz CT molecular complexity index is 899. The molecule has 8 nitrogen and oxygen atoms in total. The zero-order chi connectivity index (χ0) is 28.8. The molecule has 0 N–H and O–H groups in total. The van der Waals surface area contributed by atoms with Crippen LogP contribution >= 0.6 is 0 Å². The van der Waals surface area contributed by atoms with Gasteiger partial charge in [-0.2, -0.15) is 0 Å². The molecule has 1 saturated heterocycles. The highest BCUT2D eigenvalue weighted by atomic mass is 28.4. The third-order valence-electron chi connectivity index (χ3n) is 8.94. The van der Waals surface area contributed by atoms with E-state index in [1.807, 2.05) is 12.1 Å². The zero-order valence-corrected chi connectivity index (χ0v) is 26.7. The minimum absolute atomic E-state index is 0.000619. The fourth-order valence-electron chi connectivity index (χ4n) is 6.95. The van der Waals surface area contributed by atoms with Crippen LogP contribution in [0.4, 0.5) is 0 Å². The summed E-state index contributed by atoms with van der Waals surface area (Å²) in [6.07, 6.45) is 6.80. The molecule has 9 heteroatoms. The van der Waals surface area contributed by atoms with E-state index in [0.29, 0.717) is 29.7 Å². The van der Waals surface area contributed by atoms with Crippen molar-refractivity contribution in [1.29, 1.82) is 0 Å². The van der Waals surface area contributed by atoms with Crippen molar-refractivity contribution < 1.29 is 28.2 Å². The van der Waals surface area contributed by atoms with Gasteiger partial charge in [0.1, 0.15) is 19.3 Å². The molecular weight excluding hydrogens is 512 g/mol. The van der Waals surface area contributed by atoms with E-state index in [1.165, 1.54) is 12.8 Å². The molecule has 2 heterocycles. The number of hydrogen-bond donors (Lipinski definition) is 0. The van der Waals surface area contributed by atoms with Crippen LogP contribution in [0, 0.1) is 5.92 Å². The molecule has 2 aliphatic rings. The van der Waals surface area contributed by atoms with E-state index in [0.717, 1.165) is 30.2 Å². The number of ether oxygens (including phenoxy) is 4. The van der Waals surface area contributed by atoms with Crippen molar-refractivity contribution in [3.8, 4) is 5.75 Å². The highest BCUT2D eigenvalue weighted by Crippen LogP contribution is 2.45. The first kappa shape index (κ1) is 32.0. The summed E-state index contributed by atoms with van der Waals surface area (Å²) in [6.45, 7) is 16.5. The predicted octanol–water partition coefficient (Wildman–Crippen LogP) is 5.95. The summed E-state index contributed by atoms with van der Waals surface area (Å²) in [7, 11) is 0.999. The van der Waals surface area contributed by atoms with Crippen LogP contribution in [0.5, 0.6) is 5.75 Å². The second kappa shape index (κ2) is 13.9. The number of pyridine rings is 1. The minimum Gasteiger partial charge on any atom is -0.490 e. The number of rotatable bonds is 15. The number of hydrogen-bond acceptors (Lipinski definition) is 7. The third kappa shape index (κ3) is 6.86. The summed E-state index contributed by atoms with van der Waals surface area (Å²) in [6, 6.07) is 3.53. The molecule has 0 aromatic carbocycles. The van der Waals surface area contributed by atoms with Crippen molar-refractivity contribution in [3.05, 3.63) is 24.0 Å². The summed E-state index contributed by atoms with van der Waals surface area (Å²) < 4.78 is 30.3. The van der Waals surface area contributed by atoms with E-state index in [-0.39, 0.29) is 31.6 Å². The molecule has 0 spiro atoms. The van der Waals surface area contributed by atoms with E-state index >= 15 is 0 Å². The van der Waals surface area contributed by atoms with Crippen LogP contribution in [0.15, 0.2) is 18.3 Å². The Morgan fingerprint density at radius 3 is 2.23 bits per heavy atom. The number of carbonyl (C=O) groups is 1. The fourth-order valence-corrected chi connectivity index (χ4v) is 12.4. The fraction of sp³-hybridized carbons (Fsp3) is 0.800. The Labute approximate surface area is 237 Å². The standard InChI is InChI=1S/C30H52N2O6Si/c1-21(2)39(22(3)4,23(5)6)37-18-28-30(36-20-35-9,29(33)32(28)19-34-8)17-25-16-27(14-15-31-25)38-26-12-10-24(7)11-13-26/h14-16,21-24,26,28H,10-13,17-20H2,1-9H3/t24?,26?,28-,30+/m0/s1. The number of aromatic nitrogens is 1. The molecule has 0 unspecified atom stereocenters. The molecule has 2 fully saturated rings. The van der Waals surface area contributed by atoms with Gasteiger partial charge in [-0.3, -0.25) is 9.78 Å². The molecule has 1 saturated carbocycles. The van der Waals surface area contributed by atoms with Gasteiger partial charge in [0.15, 0.2) is 13.9 Å². The van der Waals surface area contributed by atoms with Gasteiger partial charge in [-0.05, 0) is 54.3 Å². The number of carbonyl (C=O) groups excluding carboxylic acids is 1. The average molecular weight is 565 g/mol. The molecule has 222 valence electrons. The maximum absolute atomic E-state index is 13.7. The first-order chi connectivity index (χ1) is 18.5. The molecule has 1 aromatic heterocycles. The molecule has 1 aliphatic heterocycles. The second-order valence-electron chi connectivity index (χ2n) is 12.4. The number of likely N-dealkylation sites (tertiary alicyclic amines) is 1. The van der Waals surface area contributed by atoms with Gasteiger partial charge in [0.05, 0.1) is 18.8 Å². The van der Waals surface area contributed by atoms with Gasteiger partial charge in [-0.15, -0.1) is 0 Å². The van der Waals surface area contributed by atoms with Gasteiger partial charge in [0, 0.05) is 38.6 Å². The lowest BCUT2D eigenvalue weighted by atomic mass is 9.79. The third-order valence-corrected chi connectivity index (χ3v) is 15.0. The first-order valence-corrected chi connectivity index (χ1v) is 16.8. The van der Waals surface area contributed by atoms with Crippen molar-refractivity contribution in [1.82, 2.24) is 9.88 Å². The Hall–Kier alpha value is -1.52. The van der Waals surface area contributed by atoms with Crippen molar-refractivity contribution in [2.45, 2.75) is 115 Å². The lowest BCUT2D eigenvalue weighted by Crippen LogP contribution is -2.78. The van der Waals surface area contributed by atoms with Crippen LogP contribution in [0.3, 0.4) is 0 Å². The molecule has 2 atom stereocenters. The predicted molar refractivity (Wildman–Crippen MR) is 155 cm³/mol. The molecule has 0 radical (unpaired) electrons. The van der Waals surface area contributed by atoms with Crippen LogP contribution in [0.25, 0.3) is 0 Å². The summed E-state index contributed by atoms with van der Waals surface area (Å²) in [5.41, 5.74) is 0.888. The SMILES string of the molecule is COCO[C@@]1(Cc2cc(OC3CCC(C)CC3)ccn2)C(=O)N(COC)[C@H]1CO[Si](C(C)C)(C(C)C)C(C)C. The molecule has 3 rings (SSSR count). The van der Waals surface area contributed by atoms with Crippen molar-refractivity contribution in [2.24, 2.45) is 5.92 Å². The zero-order valence-electron chi connectivity index (χ0n) is 25.7. The van der Waals surface area contributed by atoms with E-state index in [1.54, 1.807) is 25.3 Å². The van der Waals surface area contributed by atoms with E-state index in [9.17, 15) is 4.79 Å². The van der Waals surface area contributed by atoms with Crippen molar-refractivity contribution in [3.63, 3.8) is 0 Å². The van der Waals surface area contributed by atoms with Crippen LogP contribution in [0.2, 0.25) is 16.6 Å². The van der Waals surface area contributed by atoms with E-state index in [2.05, 4.69) is 53.5 Å². The number of β-lactam (4-membered cyclic amide) rings is 1. The van der Waals surface area contributed by atoms with Gasteiger partial charge < -0.3 is 28.3 Å². The molecule has 39 heavy (non-hydrogen) atoms. The molecule has 1 amide bonds. The Morgan fingerprint density at radius 1 is 1.03 bits per heavy atom. The quantitative estimate of drug-likeness (QED) is 0.148. The monoisotopic (exact) mass is 564 g/mol. The highest BCUT2D eigenvalue weighted by molar-refractivity contribution is 6.77. The topological polar surface area (TPSA) is 79.4 Å². The summed E-state index contributed by atoms with van der Waals surface area (Å²) in [4.78, 5) is 20.1. The molecular formula is C30H52N2O6Si. The maximum Gasteiger partial charge on any atom is 0.259 e. The van der Waals surface area contributed by atoms with Gasteiger partial charge >= 0.3 is 0 Å². The van der Waals surface area contributed by atoms with E-state index in [4.69, 9.17) is 23.4 Å². The summed E-state index contributed by atoms with van der Waals surface area (Å²) in [5.74, 6) is 1.43. The smallest absolute Gasteiger partial charge is 0.259 e. The van der Waals surface area contributed by atoms with Gasteiger partial charge in [0.2, 0.25) is 0 Å². The second-order valence-corrected chi connectivity index (χ2v) is 17.9. The lowest BCUT2D eigenvalue weighted by Gasteiger charge is -2.56. The molecule has 1 aromatic rings. The van der Waals surface area contributed by atoms with Crippen LogP contribution in [-0.2, 0) is 29.9 Å². The van der Waals surface area contributed by atoms with Crippen molar-refractivity contribution in [2.75, 3.05) is 34.4 Å². The van der Waals surface area contributed by atoms with Crippen LogP contribution < -0.4 is 4.74 Å². The molecule has 0 bridgehead atoms. The Balaban J connectivity index is 1.87. The highest BCUT2D eigenvalue weighted by Gasteiger charge is 2.63. The number of methoxy groups -OCH3 is 2. The first-order valence-electron chi connectivity index (χ1n) is 14.7. The summed E-state index contributed by atoms with van der Waals surface area (Å²) >= 11 is 0. The summed E-state index contributed by atoms with van der Waals surface area (Å²) in [5, 5.41) is 0.